The van der Waals surface area contributed by atoms with Gasteiger partial charge in [0, 0.05) is 0 Å². The zero-order chi connectivity index (χ0) is 9.40. The van der Waals surface area contributed by atoms with Gasteiger partial charge < -0.3 is 0 Å². The number of carbonyl (C=O) groups excluding carboxylic acids is 2. The second kappa shape index (κ2) is 8.38. The summed E-state index contributed by atoms with van der Waals surface area (Å²) in [5.41, 5.74) is -0.476. The van der Waals surface area contributed by atoms with Crippen molar-refractivity contribution in [1.29, 1.82) is 0 Å². The fourth-order valence-corrected chi connectivity index (χ4v) is 2.71. The van der Waals surface area contributed by atoms with Gasteiger partial charge in [-0.2, -0.15) is 0 Å². The summed E-state index contributed by atoms with van der Waals surface area (Å²) in [6.07, 6.45) is 1.41. The van der Waals surface area contributed by atoms with Gasteiger partial charge in [-0.05, 0) is 0 Å². The van der Waals surface area contributed by atoms with Crippen LogP contribution < -0.4 is 19.0 Å². The molecule has 12 heavy (non-hydrogen) atoms. The van der Waals surface area contributed by atoms with Gasteiger partial charge in [-0.15, -0.1) is 0 Å². The average molecular weight is 368 g/mol. The van der Waals surface area contributed by atoms with E-state index < -0.39 is 5.71 Å². The number of halogens is 2. The minimum absolute atomic E-state index is 0.00393. The van der Waals surface area contributed by atoms with Gasteiger partial charge in [0.15, 0.2) is 0 Å². The van der Waals surface area contributed by atoms with E-state index >= 15 is 0 Å². The maximum absolute atomic E-state index is 10.9. The van der Waals surface area contributed by atoms with Crippen LogP contribution in [0.3, 0.4) is 0 Å². The maximum atomic E-state index is 10.9. The van der Waals surface area contributed by atoms with Crippen LogP contribution in [0.15, 0.2) is 0 Å². The number of ether oxygens (including phenoxy) is 1. The van der Waals surface area contributed by atoms with Crippen LogP contribution in [-0.2, 0) is 9.53 Å². The van der Waals surface area contributed by atoms with Gasteiger partial charge in [0.2, 0.25) is 0 Å². The summed E-state index contributed by atoms with van der Waals surface area (Å²) >= 11 is 3.47. The Labute approximate surface area is 90.2 Å². The Morgan fingerprint density at radius 3 is 2.67 bits per heavy atom. The van der Waals surface area contributed by atoms with Gasteiger partial charge in [0.25, 0.3) is 0 Å². The van der Waals surface area contributed by atoms with E-state index in [0.29, 0.717) is 6.42 Å². The fourth-order valence-electron chi connectivity index (χ4n) is 0.538. The number of hydrogen-bond donors (Lipinski definition) is 0. The summed E-state index contributed by atoms with van der Waals surface area (Å²) in [5.74, 6) is -0.00393. The molecule has 0 bridgehead atoms. The average Bonchev–Trinajstić information content (AvgIpc) is 2.01. The molecule has 72 valence electrons. The zero-order valence-corrected chi connectivity index (χ0v) is 11.3. The molecule has 0 N–H and O–H groups in total. The predicted molar refractivity (Wildman–Crippen MR) is 49.1 cm³/mol. The van der Waals surface area contributed by atoms with Gasteiger partial charge in [0.1, 0.15) is 0 Å². The molecule has 0 amide bonds. The third kappa shape index (κ3) is 8.87. The molecule has 6 heteroatoms. The molecule has 1 unspecified atom stereocenters. The Balaban J connectivity index is 3.28. The first-order valence-corrected chi connectivity index (χ1v) is 10.2. The van der Waals surface area contributed by atoms with Crippen molar-refractivity contribution in [2.24, 2.45) is 0 Å². The topological polar surface area (TPSA) is 43.4 Å². The standard InChI is InChI=1S/C6H10BrIO3P/c7-8-3-1-2-5(9)4-11-6(10)12/h1-4,12H2/q-1. The Morgan fingerprint density at radius 1 is 1.50 bits per heavy atom. The normalized spacial score (nSPS) is 9.83. The van der Waals surface area contributed by atoms with Crippen molar-refractivity contribution in [2.45, 2.75) is 12.8 Å². The van der Waals surface area contributed by atoms with Crippen molar-refractivity contribution < 1.29 is 33.3 Å². The van der Waals surface area contributed by atoms with Crippen molar-refractivity contribution in [2.75, 3.05) is 11.0 Å². The van der Waals surface area contributed by atoms with Gasteiger partial charge >= 0.3 is 90.6 Å². The molecule has 0 aliphatic heterocycles. The molecular weight excluding hydrogens is 358 g/mol. The van der Waals surface area contributed by atoms with E-state index in [1.165, 1.54) is 0 Å². The van der Waals surface area contributed by atoms with Gasteiger partial charge in [-0.1, -0.05) is 0 Å². The van der Waals surface area contributed by atoms with Crippen molar-refractivity contribution in [3.8, 4) is 0 Å². The molecule has 0 saturated heterocycles. The molecule has 0 aromatic rings. The van der Waals surface area contributed by atoms with E-state index in [1.807, 2.05) is 9.24 Å². The second-order valence-electron chi connectivity index (χ2n) is 2.04. The Bertz CT molecular complexity index is 165. The third-order valence-corrected chi connectivity index (χ3v) is 4.38. The molecule has 0 saturated carbocycles. The summed E-state index contributed by atoms with van der Waals surface area (Å²) in [6, 6.07) is 0. The van der Waals surface area contributed by atoms with Crippen LogP contribution in [0, 0.1) is 0 Å². The molecule has 1 atom stereocenters. The van der Waals surface area contributed by atoms with Crippen molar-refractivity contribution >= 4 is 33.4 Å². The molecular formula is C6H10BrIO3P-. The number of Topliss-reactive ketones (excluding diaryl/α,β-unsaturated/α-hetero) is 1. The van der Waals surface area contributed by atoms with Crippen molar-refractivity contribution in [3.05, 3.63) is 0 Å². The van der Waals surface area contributed by atoms with E-state index in [-0.39, 0.29) is 31.4 Å². The van der Waals surface area contributed by atoms with Crippen LogP contribution in [0.1, 0.15) is 12.8 Å². The summed E-state index contributed by atoms with van der Waals surface area (Å²) in [5, 5.41) is 0. The number of carbonyl (C=O) groups is 2. The molecule has 0 rings (SSSR count). The van der Waals surface area contributed by atoms with E-state index in [9.17, 15) is 9.59 Å². The minimum atomic E-state index is -0.476. The van der Waals surface area contributed by atoms with Gasteiger partial charge in [0.05, 0.1) is 0 Å². The first kappa shape index (κ1) is 12.8. The van der Waals surface area contributed by atoms with Crippen LogP contribution >= 0.6 is 21.9 Å². The molecule has 0 heterocycles. The van der Waals surface area contributed by atoms with Gasteiger partial charge in [-0.25, -0.2) is 0 Å². The summed E-state index contributed by atoms with van der Waals surface area (Å²) in [6.45, 7) is -0.0804. The zero-order valence-electron chi connectivity index (χ0n) is 6.39. The molecule has 0 aliphatic carbocycles. The first-order chi connectivity index (χ1) is 5.66. The predicted octanol–water partition coefficient (Wildman–Crippen LogP) is -1.25. The van der Waals surface area contributed by atoms with Crippen LogP contribution in [0.25, 0.3) is 0 Å². The van der Waals surface area contributed by atoms with Crippen LogP contribution in [0.2, 0.25) is 0 Å². The van der Waals surface area contributed by atoms with E-state index in [0.717, 1.165) is 10.8 Å². The molecule has 0 aliphatic rings. The summed E-state index contributed by atoms with van der Waals surface area (Å²) < 4.78 is 5.59. The number of hydrogen-bond acceptors (Lipinski definition) is 3. The third-order valence-electron chi connectivity index (χ3n) is 1.04. The molecule has 0 spiro atoms. The quantitative estimate of drug-likeness (QED) is 0.255. The Kier molecular flexibility index (Phi) is 8.93. The second-order valence-corrected chi connectivity index (χ2v) is 7.01. The van der Waals surface area contributed by atoms with E-state index in [2.05, 4.69) is 17.4 Å². The molecule has 0 fully saturated rings. The van der Waals surface area contributed by atoms with Crippen molar-refractivity contribution in [3.63, 3.8) is 0 Å². The van der Waals surface area contributed by atoms with E-state index in [4.69, 9.17) is 0 Å². The van der Waals surface area contributed by atoms with Gasteiger partial charge in [-0.3, -0.25) is 0 Å². The number of alkyl halides is 1. The monoisotopic (exact) mass is 367 g/mol. The molecule has 3 nitrogen and oxygen atoms in total. The number of rotatable bonds is 6. The SMILES string of the molecule is O=C(CCC[I-]Br)COC(=O)P. The fraction of sp³-hybridized carbons (Fsp3) is 0.667. The Hall–Kier alpha value is 0.780. The molecule has 0 aromatic heterocycles. The van der Waals surface area contributed by atoms with E-state index in [1.54, 1.807) is 0 Å². The molecule has 0 radical (unpaired) electrons. The summed E-state index contributed by atoms with van der Waals surface area (Å²) in [4.78, 5) is 21.2. The number of ketones is 1. The van der Waals surface area contributed by atoms with Crippen molar-refractivity contribution in [1.82, 2.24) is 0 Å². The van der Waals surface area contributed by atoms with Crippen LogP contribution in [0.5, 0.6) is 0 Å². The van der Waals surface area contributed by atoms with Crippen LogP contribution in [0.4, 0.5) is 4.79 Å². The van der Waals surface area contributed by atoms with Crippen LogP contribution in [-0.4, -0.2) is 22.5 Å². The Morgan fingerprint density at radius 2 is 2.17 bits per heavy atom. The first-order valence-electron chi connectivity index (χ1n) is 3.31. The summed E-state index contributed by atoms with van der Waals surface area (Å²) in [7, 11) is 1.87. The molecule has 0 aromatic carbocycles.